The van der Waals surface area contributed by atoms with E-state index in [1.54, 1.807) is 6.92 Å². The van der Waals surface area contributed by atoms with Gasteiger partial charge in [-0.05, 0) is 12.8 Å². The number of amides is 1. The first-order valence-corrected chi connectivity index (χ1v) is 4.65. The van der Waals surface area contributed by atoms with Crippen molar-refractivity contribution in [3.63, 3.8) is 0 Å². The zero-order valence-corrected chi connectivity index (χ0v) is 8.00. The molecule has 1 aliphatic rings. The average molecular weight is 185 g/mol. The van der Waals surface area contributed by atoms with Crippen molar-refractivity contribution in [2.24, 2.45) is 5.92 Å². The van der Waals surface area contributed by atoms with E-state index in [-0.39, 0.29) is 17.8 Å². The van der Waals surface area contributed by atoms with Crippen LogP contribution in [0.2, 0.25) is 0 Å². The molecule has 4 nitrogen and oxygen atoms in total. The Morgan fingerprint density at radius 1 is 1.62 bits per heavy atom. The summed E-state index contributed by atoms with van der Waals surface area (Å²) in [5, 5.41) is 2.63. The fourth-order valence-electron chi connectivity index (χ4n) is 1.57. The van der Waals surface area contributed by atoms with Crippen LogP contribution in [-0.2, 0) is 14.3 Å². The molecule has 0 aromatic heterocycles. The molecule has 1 heterocycles. The Hall–Kier alpha value is -1.06. The summed E-state index contributed by atoms with van der Waals surface area (Å²) >= 11 is 0. The number of ether oxygens (including phenoxy) is 1. The quantitative estimate of drug-likeness (QED) is 0.650. The maximum absolute atomic E-state index is 11.3. The van der Waals surface area contributed by atoms with E-state index < -0.39 is 6.04 Å². The van der Waals surface area contributed by atoms with Gasteiger partial charge < -0.3 is 10.1 Å². The van der Waals surface area contributed by atoms with Crippen molar-refractivity contribution in [1.82, 2.24) is 5.32 Å². The summed E-state index contributed by atoms with van der Waals surface area (Å²) in [6, 6.07) is -0.419. The van der Waals surface area contributed by atoms with E-state index in [0.29, 0.717) is 13.0 Å². The van der Waals surface area contributed by atoms with Gasteiger partial charge in [0.25, 0.3) is 0 Å². The van der Waals surface area contributed by atoms with E-state index in [1.807, 2.05) is 6.92 Å². The van der Waals surface area contributed by atoms with Gasteiger partial charge in [0.15, 0.2) is 0 Å². The van der Waals surface area contributed by atoms with Crippen LogP contribution in [0.1, 0.15) is 26.7 Å². The van der Waals surface area contributed by atoms with Gasteiger partial charge in [0.2, 0.25) is 5.91 Å². The van der Waals surface area contributed by atoms with Crippen molar-refractivity contribution < 1.29 is 14.3 Å². The number of carbonyl (C=O) groups is 2. The highest BCUT2D eigenvalue weighted by Gasteiger charge is 2.36. The Balaban J connectivity index is 2.57. The molecule has 13 heavy (non-hydrogen) atoms. The zero-order chi connectivity index (χ0) is 9.84. The highest BCUT2D eigenvalue weighted by atomic mass is 16.5. The van der Waals surface area contributed by atoms with Crippen LogP contribution in [0.15, 0.2) is 0 Å². The lowest BCUT2D eigenvalue weighted by Crippen LogP contribution is -2.38. The van der Waals surface area contributed by atoms with E-state index in [1.165, 1.54) is 0 Å². The molecular formula is C9H15NO3. The predicted molar refractivity (Wildman–Crippen MR) is 47.0 cm³/mol. The predicted octanol–water partition coefficient (Wildman–Crippen LogP) is 0.464. The van der Waals surface area contributed by atoms with Crippen LogP contribution >= 0.6 is 0 Å². The molecule has 1 N–H and O–H groups in total. The van der Waals surface area contributed by atoms with E-state index in [0.717, 1.165) is 6.42 Å². The second-order valence-corrected chi connectivity index (χ2v) is 3.17. The fraction of sp³-hybridized carbons (Fsp3) is 0.778. The third kappa shape index (κ3) is 2.20. The molecule has 0 saturated carbocycles. The molecule has 0 aromatic rings. The van der Waals surface area contributed by atoms with Crippen LogP contribution < -0.4 is 5.32 Å². The Morgan fingerprint density at radius 3 is 2.85 bits per heavy atom. The summed E-state index contributed by atoms with van der Waals surface area (Å²) < 4.78 is 4.85. The van der Waals surface area contributed by atoms with Gasteiger partial charge in [-0.3, -0.25) is 4.79 Å². The fourth-order valence-corrected chi connectivity index (χ4v) is 1.57. The van der Waals surface area contributed by atoms with Gasteiger partial charge >= 0.3 is 5.97 Å². The number of hydrogen-bond donors (Lipinski definition) is 1. The number of rotatable bonds is 3. The standard InChI is InChI=1S/C9H15NO3/c1-3-6-5-7(11)10-8(6)9(12)13-4-2/h6,8H,3-5H2,1-2H3,(H,10,11)/t6-,8+/m1/s1. The lowest BCUT2D eigenvalue weighted by molar-refractivity contribution is -0.146. The van der Waals surface area contributed by atoms with Gasteiger partial charge in [-0.25, -0.2) is 4.79 Å². The average Bonchev–Trinajstić information content (AvgIpc) is 2.47. The van der Waals surface area contributed by atoms with Gasteiger partial charge in [-0.1, -0.05) is 13.3 Å². The van der Waals surface area contributed by atoms with Crippen LogP contribution in [0.25, 0.3) is 0 Å². The van der Waals surface area contributed by atoms with Gasteiger partial charge in [0, 0.05) is 6.42 Å². The molecule has 1 fully saturated rings. The smallest absolute Gasteiger partial charge is 0.328 e. The first-order valence-electron chi connectivity index (χ1n) is 4.65. The first kappa shape index (κ1) is 10.0. The van der Waals surface area contributed by atoms with E-state index in [2.05, 4.69) is 5.32 Å². The summed E-state index contributed by atoms with van der Waals surface area (Å²) in [6.07, 6.45) is 1.27. The van der Waals surface area contributed by atoms with Gasteiger partial charge in [0.05, 0.1) is 6.61 Å². The molecule has 0 aromatic carbocycles. The molecule has 0 spiro atoms. The molecule has 2 atom stereocenters. The summed E-state index contributed by atoms with van der Waals surface area (Å²) in [5.74, 6) is -0.253. The second-order valence-electron chi connectivity index (χ2n) is 3.17. The Morgan fingerprint density at radius 2 is 2.31 bits per heavy atom. The zero-order valence-electron chi connectivity index (χ0n) is 8.00. The lowest BCUT2D eigenvalue weighted by Gasteiger charge is -2.14. The lowest BCUT2D eigenvalue weighted by atomic mass is 9.98. The van der Waals surface area contributed by atoms with E-state index >= 15 is 0 Å². The molecule has 0 radical (unpaired) electrons. The van der Waals surface area contributed by atoms with Crippen molar-refractivity contribution in [3.8, 4) is 0 Å². The van der Waals surface area contributed by atoms with Gasteiger partial charge in [-0.2, -0.15) is 0 Å². The van der Waals surface area contributed by atoms with Crippen LogP contribution in [0, 0.1) is 5.92 Å². The SMILES string of the molecule is CCOC(=O)[C@H]1NC(=O)C[C@H]1CC. The first-order chi connectivity index (χ1) is 6.19. The van der Waals surface area contributed by atoms with E-state index in [4.69, 9.17) is 4.74 Å². The van der Waals surface area contributed by atoms with Crippen molar-refractivity contribution in [2.45, 2.75) is 32.7 Å². The van der Waals surface area contributed by atoms with Crippen LogP contribution in [0.4, 0.5) is 0 Å². The number of carbonyl (C=O) groups excluding carboxylic acids is 2. The molecule has 1 amide bonds. The molecule has 4 heteroatoms. The van der Waals surface area contributed by atoms with Crippen molar-refractivity contribution >= 4 is 11.9 Å². The van der Waals surface area contributed by atoms with Crippen LogP contribution in [-0.4, -0.2) is 24.5 Å². The number of nitrogens with one attached hydrogen (secondary N) is 1. The number of hydrogen-bond acceptors (Lipinski definition) is 3. The normalized spacial score (nSPS) is 27.1. The molecule has 1 rings (SSSR count). The maximum atomic E-state index is 11.3. The minimum atomic E-state index is -0.419. The van der Waals surface area contributed by atoms with Gasteiger partial charge in [0.1, 0.15) is 6.04 Å². The monoisotopic (exact) mass is 185 g/mol. The van der Waals surface area contributed by atoms with Crippen LogP contribution in [0.5, 0.6) is 0 Å². The van der Waals surface area contributed by atoms with Crippen molar-refractivity contribution in [1.29, 1.82) is 0 Å². The summed E-state index contributed by atoms with van der Waals surface area (Å²) in [7, 11) is 0. The molecule has 0 unspecified atom stereocenters. The largest absolute Gasteiger partial charge is 0.464 e. The highest BCUT2D eigenvalue weighted by Crippen LogP contribution is 2.20. The molecule has 1 aliphatic heterocycles. The van der Waals surface area contributed by atoms with Crippen molar-refractivity contribution in [3.05, 3.63) is 0 Å². The maximum Gasteiger partial charge on any atom is 0.328 e. The molecule has 0 bridgehead atoms. The van der Waals surface area contributed by atoms with Crippen LogP contribution in [0.3, 0.4) is 0 Å². The molecule has 74 valence electrons. The minimum Gasteiger partial charge on any atom is -0.464 e. The minimum absolute atomic E-state index is 0.0510. The molecular weight excluding hydrogens is 170 g/mol. The van der Waals surface area contributed by atoms with Gasteiger partial charge in [-0.15, -0.1) is 0 Å². The second kappa shape index (κ2) is 4.25. The third-order valence-electron chi connectivity index (χ3n) is 2.30. The molecule has 1 saturated heterocycles. The Bertz CT molecular complexity index is 215. The topological polar surface area (TPSA) is 55.4 Å². The summed E-state index contributed by atoms with van der Waals surface area (Å²) in [6.45, 7) is 4.09. The highest BCUT2D eigenvalue weighted by molar-refractivity contribution is 5.88. The molecule has 0 aliphatic carbocycles. The third-order valence-corrected chi connectivity index (χ3v) is 2.30. The summed E-state index contributed by atoms with van der Waals surface area (Å²) in [4.78, 5) is 22.3. The Kier molecular flexibility index (Phi) is 3.28. The number of esters is 1. The Labute approximate surface area is 77.6 Å². The van der Waals surface area contributed by atoms with E-state index in [9.17, 15) is 9.59 Å². The van der Waals surface area contributed by atoms with Crippen molar-refractivity contribution in [2.75, 3.05) is 6.61 Å². The summed E-state index contributed by atoms with van der Waals surface area (Å²) in [5.41, 5.74) is 0.